The summed E-state index contributed by atoms with van der Waals surface area (Å²) in [6.07, 6.45) is 4.05. The van der Waals surface area contributed by atoms with E-state index in [9.17, 15) is 4.79 Å². The second kappa shape index (κ2) is 13.0. The van der Waals surface area contributed by atoms with Crippen LogP contribution in [0, 0.1) is 0 Å². The van der Waals surface area contributed by atoms with Gasteiger partial charge in [-0.3, -0.25) is 9.69 Å². The molecule has 2 nitrogen and oxygen atoms in total. The number of benzene rings is 4. The molecule has 0 aliphatic heterocycles. The number of nitrogens with zero attached hydrogens (tertiary/aromatic N) is 1. The molecule has 1 unspecified atom stereocenters. The van der Waals surface area contributed by atoms with Gasteiger partial charge in [-0.05, 0) is 51.4 Å². The maximum atomic E-state index is 13.4. The molecule has 0 spiro atoms. The van der Waals surface area contributed by atoms with Gasteiger partial charge in [-0.2, -0.15) is 0 Å². The zero-order valence-corrected chi connectivity index (χ0v) is 22.1. The maximum absolute atomic E-state index is 13.4. The van der Waals surface area contributed by atoms with Crippen molar-refractivity contribution in [3.05, 3.63) is 161 Å². The highest BCUT2D eigenvalue weighted by molar-refractivity contribution is 7.13. The lowest BCUT2D eigenvalue weighted by molar-refractivity contribution is -0.116. The van der Waals surface area contributed by atoms with Crippen molar-refractivity contribution >= 4 is 23.2 Å². The summed E-state index contributed by atoms with van der Waals surface area (Å²) in [7, 11) is 0. The minimum Gasteiger partial charge on any atom is -0.295 e. The second-order valence-corrected chi connectivity index (χ2v) is 10.4. The van der Waals surface area contributed by atoms with Crippen molar-refractivity contribution in [2.24, 2.45) is 0 Å². The summed E-state index contributed by atoms with van der Waals surface area (Å²) in [6.45, 7) is 1.50. The Morgan fingerprint density at radius 1 is 0.711 bits per heavy atom. The van der Waals surface area contributed by atoms with Crippen LogP contribution in [0.25, 0.3) is 16.5 Å². The van der Waals surface area contributed by atoms with Crippen molar-refractivity contribution in [1.82, 2.24) is 4.90 Å². The lowest BCUT2D eigenvalue weighted by Gasteiger charge is -2.32. The van der Waals surface area contributed by atoms with E-state index in [-0.39, 0.29) is 11.8 Å². The van der Waals surface area contributed by atoms with Gasteiger partial charge in [0.25, 0.3) is 0 Å². The average Bonchev–Trinajstić information content (AvgIpc) is 3.52. The molecule has 0 fully saturated rings. The topological polar surface area (TPSA) is 20.3 Å². The van der Waals surface area contributed by atoms with E-state index in [1.54, 1.807) is 17.4 Å². The van der Waals surface area contributed by atoms with Gasteiger partial charge in [0.15, 0.2) is 5.78 Å². The first-order valence-electron chi connectivity index (χ1n) is 13.0. The van der Waals surface area contributed by atoms with Crippen molar-refractivity contribution in [1.29, 1.82) is 0 Å². The predicted octanol–water partition coefficient (Wildman–Crippen LogP) is 8.83. The Kier molecular flexibility index (Phi) is 8.73. The van der Waals surface area contributed by atoms with Crippen LogP contribution < -0.4 is 0 Å². The molecule has 0 radical (unpaired) electrons. The third-order valence-electron chi connectivity index (χ3n) is 6.63. The smallest absolute Gasteiger partial charge is 0.157 e. The Hall–Kier alpha value is -4.05. The molecule has 3 heteroatoms. The Balaban J connectivity index is 1.50. The lowest BCUT2D eigenvalue weighted by Crippen LogP contribution is -2.29. The van der Waals surface area contributed by atoms with Gasteiger partial charge in [-0.1, -0.05) is 121 Å². The van der Waals surface area contributed by atoms with Crippen LogP contribution in [0.5, 0.6) is 0 Å². The first-order valence-corrected chi connectivity index (χ1v) is 13.8. The third kappa shape index (κ3) is 7.04. The van der Waals surface area contributed by atoms with Crippen LogP contribution in [-0.2, 0) is 17.9 Å². The third-order valence-corrected chi connectivity index (χ3v) is 7.55. The molecule has 38 heavy (non-hydrogen) atoms. The van der Waals surface area contributed by atoms with E-state index in [1.165, 1.54) is 21.6 Å². The Morgan fingerprint density at radius 2 is 1.34 bits per heavy atom. The van der Waals surface area contributed by atoms with Gasteiger partial charge < -0.3 is 0 Å². The van der Waals surface area contributed by atoms with E-state index >= 15 is 0 Å². The largest absolute Gasteiger partial charge is 0.295 e. The van der Waals surface area contributed by atoms with Gasteiger partial charge in [-0.15, -0.1) is 11.3 Å². The number of hydrogen-bond acceptors (Lipinski definition) is 3. The summed E-state index contributed by atoms with van der Waals surface area (Å²) in [4.78, 5) is 17.1. The van der Waals surface area contributed by atoms with E-state index < -0.39 is 0 Å². The summed E-state index contributed by atoms with van der Waals surface area (Å²) in [5, 5.41) is 2.11. The molecule has 5 aromatic rings. The van der Waals surface area contributed by atoms with Crippen molar-refractivity contribution in [3.8, 4) is 10.4 Å². The minimum atomic E-state index is -0.0803. The highest BCUT2D eigenvalue weighted by atomic mass is 32.1. The Morgan fingerprint density at radius 3 is 1.95 bits per heavy atom. The highest BCUT2D eigenvalue weighted by Crippen LogP contribution is 2.33. The molecule has 5 rings (SSSR count). The molecule has 188 valence electrons. The summed E-state index contributed by atoms with van der Waals surface area (Å²) < 4.78 is 0. The number of thiophene rings is 1. The van der Waals surface area contributed by atoms with Crippen molar-refractivity contribution in [2.45, 2.75) is 25.6 Å². The van der Waals surface area contributed by atoms with Gasteiger partial charge in [-0.25, -0.2) is 0 Å². The zero-order valence-electron chi connectivity index (χ0n) is 21.3. The molecule has 0 saturated heterocycles. The quantitative estimate of drug-likeness (QED) is 0.164. The lowest BCUT2D eigenvalue weighted by atomic mass is 9.95. The number of carbonyl (C=O) groups is 1. The molecule has 0 saturated carbocycles. The highest BCUT2D eigenvalue weighted by Gasteiger charge is 2.24. The monoisotopic (exact) mass is 513 g/mol. The van der Waals surface area contributed by atoms with Crippen LogP contribution in [0.15, 0.2) is 139 Å². The molecule has 0 amide bonds. The number of carbonyl (C=O) groups excluding carboxylic acids is 1. The van der Waals surface area contributed by atoms with Gasteiger partial charge in [0.2, 0.25) is 0 Å². The number of ketones is 1. The van der Waals surface area contributed by atoms with E-state index in [1.807, 2.05) is 48.5 Å². The molecule has 0 N–H and O–H groups in total. The molecule has 0 aliphatic carbocycles. The van der Waals surface area contributed by atoms with E-state index in [0.717, 1.165) is 24.2 Å². The Bertz CT molecular complexity index is 1400. The summed E-state index contributed by atoms with van der Waals surface area (Å²) in [5.41, 5.74) is 5.84. The molecule has 0 aliphatic rings. The molecule has 1 atom stereocenters. The first kappa shape index (κ1) is 25.6. The Labute approximate surface area is 229 Å². The van der Waals surface area contributed by atoms with Crippen LogP contribution >= 0.6 is 11.3 Å². The van der Waals surface area contributed by atoms with E-state index in [2.05, 4.69) is 95.2 Å². The van der Waals surface area contributed by atoms with Crippen molar-refractivity contribution < 1.29 is 4.79 Å². The van der Waals surface area contributed by atoms with Crippen molar-refractivity contribution in [3.63, 3.8) is 0 Å². The number of allylic oxidation sites excluding steroid dienone is 1. The second-order valence-electron chi connectivity index (χ2n) is 9.41. The normalized spacial score (nSPS) is 12.1. The van der Waals surface area contributed by atoms with Crippen molar-refractivity contribution in [2.75, 3.05) is 0 Å². The van der Waals surface area contributed by atoms with Gasteiger partial charge in [0.1, 0.15) is 0 Å². The molecule has 0 bridgehead atoms. The fourth-order valence-corrected chi connectivity index (χ4v) is 5.45. The number of hydrogen-bond donors (Lipinski definition) is 0. The van der Waals surface area contributed by atoms with Crippen LogP contribution in [0.4, 0.5) is 0 Å². The molecule has 4 aromatic carbocycles. The fourth-order valence-electron chi connectivity index (χ4n) is 4.72. The summed E-state index contributed by atoms with van der Waals surface area (Å²) in [6, 6.07) is 43.9. The SMILES string of the molecule is O=C(/C=C/c1ccccc1)CC(c1cccc(-c2cccs2)c1)N(Cc1ccccc1)Cc1ccccc1. The first-order chi connectivity index (χ1) is 18.7. The van der Waals surface area contributed by atoms with Crippen LogP contribution in [0.2, 0.25) is 0 Å². The molecule has 1 aromatic heterocycles. The fraction of sp³-hybridized carbons (Fsp3) is 0.114. The van der Waals surface area contributed by atoms with Crippen LogP contribution in [-0.4, -0.2) is 10.7 Å². The predicted molar refractivity (Wildman–Crippen MR) is 160 cm³/mol. The van der Waals surface area contributed by atoms with E-state index in [4.69, 9.17) is 0 Å². The standard InChI is InChI=1S/C35H31NOS/c37-33(22-21-28-12-4-1-5-13-28)25-34(31-18-10-19-32(24-31)35-20-11-23-38-35)36(26-29-14-6-2-7-15-29)27-30-16-8-3-9-17-30/h1-24,34H,25-27H2/b22-21+. The summed E-state index contributed by atoms with van der Waals surface area (Å²) in [5.74, 6) is 0.117. The summed E-state index contributed by atoms with van der Waals surface area (Å²) >= 11 is 1.74. The molecular weight excluding hydrogens is 482 g/mol. The average molecular weight is 514 g/mol. The molecule has 1 heterocycles. The zero-order chi connectivity index (χ0) is 26.0. The van der Waals surface area contributed by atoms with Gasteiger partial charge >= 0.3 is 0 Å². The minimum absolute atomic E-state index is 0.0803. The van der Waals surface area contributed by atoms with Gasteiger partial charge in [0.05, 0.1) is 0 Å². The van der Waals surface area contributed by atoms with Crippen LogP contribution in [0.3, 0.4) is 0 Å². The van der Waals surface area contributed by atoms with Gasteiger partial charge in [0, 0.05) is 30.4 Å². The number of rotatable bonds is 11. The molecular formula is C35H31NOS. The van der Waals surface area contributed by atoms with E-state index in [0.29, 0.717) is 6.42 Å². The maximum Gasteiger partial charge on any atom is 0.157 e. The van der Waals surface area contributed by atoms with Crippen LogP contribution in [0.1, 0.15) is 34.7 Å².